The predicted molar refractivity (Wildman–Crippen MR) is 163 cm³/mol. The summed E-state index contributed by atoms with van der Waals surface area (Å²) in [7, 11) is 0. The Bertz CT molecular complexity index is 1520. The SMILES string of the molecule is CC(C)[C@H](NC(=O)CC(NC(=O)/C=C/c1ccc(Cl)cc1)c1ccc(-c2ccccn2)cc1)C(=O)[C@@H]1C(=O)NC(=O)[C@H]1C. The molecule has 1 saturated heterocycles. The van der Waals surface area contributed by atoms with Gasteiger partial charge in [0, 0.05) is 22.9 Å². The van der Waals surface area contributed by atoms with Crippen LogP contribution in [0.4, 0.5) is 0 Å². The van der Waals surface area contributed by atoms with Crippen molar-refractivity contribution in [2.75, 3.05) is 0 Å². The van der Waals surface area contributed by atoms with E-state index in [1.165, 1.54) is 13.0 Å². The van der Waals surface area contributed by atoms with Crippen LogP contribution in [0.1, 0.15) is 44.4 Å². The third-order valence-corrected chi connectivity index (χ3v) is 7.57. The number of halogens is 1. The van der Waals surface area contributed by atoms with E-state index in [2.05, 4.69) is 20.9 Å². The Morgan fingerprint density at radius 1 is 0.953 bits per heavy atom. The number of imide groups is 1. The second kappa shape index (κ2) is 14.0. The first-order chi connectivity index (χ1) is 20.5. The highest BCUT2D eigenvalue weighted by molar-refractivity contribution is 6.30. The van der Waals surface area contributed by atoms with Crippen LogP contribution in [-0.2, 0) is 24.0 Å². The van der Waals surface area contributed by atoms with Crippen molar-refractivity contribution in [1.29, 1.82) is 0 Å². The molecule has 9 nitrogen and oxygen atoms in total. The van der Waals surface area contributed by atoms with Gasteiger partial charge in [-0.2, -0.15) is 0 Å². The molecule has 3 aromatic rings. The van der Waals surface area contributed by atoms with Crippen molar-refractivity contribution >= 4 is 47.1 Å². The number of carbonyl (C=O) groups excluding carboxylic acids is 5. The highest BCUT2D eigenvalue weighted by Crippen LogP contribution is 2.25. The Kier molecular flexibility index (Phi) is 10.2. The van der Waals surface area contributed by atoms with Gasteiger partial charge in [0.25, 0.3) is 0 Å². The number of hydrogen-bond donors (Lipinski definition) is 3. The first-order valence-electron chi connectivity index (χ1n) is 14.0. The Hall–Kier alpha value is -4.63. The molecule has 0 bridgehead atoms. The van der Waals surface area contributed by atoms with Crippen LogP contribution in [0.2, 0.25) is 5.02 Å². The second-order valence-corrected chi connectivity index (χ2v) is 11.2. The van der Waals surface area contributed by atoms with E-state index in [9.17, 15) is 24.0 Å². The van der Waals surface area contributed by atoms with Gasteiger partial charge in [-0.25, -0.2) is 0 Å². The van der Waals surface area contributed by atoms with Gasteiger partial charge in [0.05, 0.1) is 30.1 Å². The summed E-state index contributed by atoms with van der Waals surface area (Å²) in [5.41, 5.74) is 3.09. The van der Waals surface area contributed by atoms with E-state index in [-0.39, 0.29) is 12.3 Å². The molecule has 0 aliphatic carbocycles. The maximum atomic E-state index is 13.3. The molecule has 4 rings (SSSR count). The average Bonchev–Trinajstić information content (AvgIpc) is 3.25. The van der Waals surface area contributed by atoms with E-state index in [0.717, 1.165) is 16.8 Å². The minimum absolute atomic E-state index is 0.175. The molecule has 4 amide bonds. The van der Waals surface area contributed by atoms with Gasteiger partial charge in [-0.1, -0.05) is 74.8 Å². The number of nitrogens with zero attached hydrogens (tertiary/aromatic N) is 1. The van der Waals surface area contributed by atoms with Crippen LogP contribution in [0.25, 0.3) is 17.3 Å². The fourth-order valence-corrected chi connectivity index (χ4v) is 5.01. The van der Waals surface area contributed by atoms with Crippen LogP contribution in [-0.4, -0.2) is 40.4 Å². The zero-order chi connectivity index (χ0) is 31.1. The maximum absolute atomic E-state index is 13.3. The molecular formula is C33H33ClN4O5. The molecule has 4 atom stereocenters. The fourth-order valence-electron chi connectivity index (χ4n) is 4.88. The number of rotatable bonds is 11. The topological polar surface area (TPSA) is 134 Å². The van der Waals surface area contributed by atoms with Gasteiger partial charge in [-0.05, 0) is 47.4 Å². The Morgan fingerprint density at radius 3 is 2.23 bits per heavy atom. The van der Waals surface area contributed by atoms with Gasteiger partial charge in [-0.15, -0.1) is 0 Å². The lowest BCUT2D eigenvalue weighted by atomic mass is 9.85. The molecule has 1 aliphatic heterocycles. The maximum Gasteiger partial charge on any atom is 0.244 e. The fraction of sp³-hybridized carbons (Fsp3) is 0.273. The summed E-state index contributed by atoms with van der Waals surface area (Å²) < 4.78 is 0. The second-order valence-electron chi connectivity index (χ2n) is 10.8. The molecule has 43 heavy (non-hydrogen) atoms. The average molecular weight is 601 g/mol. The van der Waals surface area contributed by atoms with E-state index in [4.69, 9.17) is 11.6 Å². The Morgan fingerprint density at radius 2 is 1.65 bits per heavy atom. The monoisotopic (exact) mass is 600 g/mol. The van der Waals surface area contributed by atoms with Crippen LogP contribution >= 0.6 is 11.6 Å². The normalized spacial score (nSPS) is 17.9. The van der Waals surface area contributed by atoms with E-state index in [1.54, 1.807) is 50.4 Å². The van der Waals surface area contributed by atoms with Crippen molar-refractivity contribution < 1.29 is 24.0 Å². The molecule has 3 N–H and O–H groups in total. The van der Waals surface area contributed by atoms with E-state index in [0.29, 0.717) is 10.6 Å². The minimum atomic E-state index is -1.17. The largest absolute Gasteiger partial charge is 0.346 e. The number of pyridine rings is 1. The number of benzene rings is 2. The molecule has 1 unspecified atom stereocenters. The van der Waals surface area contributed by atoms with E-state index >= 15 is 0 Å². The third-order valence-electron chi connectivity index (χ3n) is 7.32. The minimum Gasteiger partial charge on any atom is -0.346 e. The lowest BCUT2D eigenvalue weighted by Gasteiger charge is -2.26. The van der Waals surface area contributed by atoms with Crippen LogP contribution in [0.5, 0.6) is 0 Å². The highest BCUT2D eigenvalue weighted by Gasteiger charge is 2.46. The summed E-state index contributed by atoms with van der Waals surface area (Å²) in [5.74, 6) is -4.96. The predicted octanol–water partition coefficient (Wildman–Crippen LogP) is 4.28. The van der Waals surface area contributed by atoms with Gasteiger partial charge >= 0.3 is 0 Å². The van der Waals surface area contributed by atoms with Crippen LogP contribution < -0.4 is 16.0 Å². The van der Waals surface area contributed by atoms with Crippen molar-refractivity contribution in [2.24, 2.45) is 17.8 Å². The molecule has 0 spiro atoms. The molecular weight excluding hydrogens is 568 g/mol. The van der Waals surface area contributed by atoms with E-state index < -0.39 is 53.3 Å². The molecule has 2 aromatic carbocycles. The number of carbonyl (C=O) groups is 5. The molecule has 0 saturated carbocycles. The van der Waals surface area contributed by atoms with Crippen LogP contribution in [0, 0.1) is 17.8 Å². The van der Waals surface area contributed by atoms with Gasteiger partial charge in [0.15, 0.2) is 5.78 Å². The zero-order valence-electron chi connectivity index (χ0n) is 24.0. The number of nitrogens with one attached hydrogen (secondary N) is 3. The van der Waals surface area contributed by atoms with Gasteiger partial charge in [0.1, 0.15) is 5.92 Å². The summed E-state index contributed by atoms with van der Waals surface area (Å²) in [6.45, 7) is 5.01. The van der Waals surface area contributed by atoms with Crippen LogP contribution in [0.15, 0.2) is 79.0 Å². The van der Waals surface area contributed by atoms with Crippen molar-refractivity contribution in [3.05, 3.63) is 95.2 Å². The van der Waals surface area contributed by atoms with Gasteiger partial charge in [0.2, 0.25) is 23.6 Å². The summed E-state index contributed by atoms with van der Waals surface area (Å²) in [4.78, 5) is 68.3. The third kappa shape index (κ3) is 8.02. The van der Waals surface area contributed by atoms with E-state index in [1.807, 2.05) is 42.5 Å². The molecule has 0 radical (unpaired) electrons. The summed E-state index contributed by atoms with van der Waals surface area (Å²) in [6.07, 6.45) is 4.52. The number of ketones is 1. The van der Waals surface area contributed by atoms with Crippen molar-refractivity contribution in [3.8, 4) is 11.3 Å². The lowest BCUT2D eigenvalue weighted by molar-refractivity contribution is -0.137. The number of Topliss-reactive ketones (excluding diaryl/α,β-unsaturated/α-hetero) is 1. The molecule has 10 heteroatoms. The molecule has 1 aromatic heterocycles. The standard InChI is InChI=1S/C33H33ClN4O5/c1-19(2)30(31(41)29-20(3)32(42)38-33(29)43)37-28(40)18-26(36-27(39)16-9-21-7-14-24(34)15-8-21)23-12-10-22(11-13-23)25-6-4-5-17-35-25/h4-17,19-20,26,29-30H,18H2,1-3H3,(H,36,39)(H,37,40)(H,38,42,43)/b16-9+/t20-,26?,29+,30-/m0/s1. The van der Waals surface area contributed by atoms with Crippen LogP contribution in [0.3, 0.4) is 0 Å². The van der Waals surface area contributed by atoms with Gasteiger partial charge in [-0.3, -0.25) is 34.3 Å². The first kappa shape index (κ1) is 31.3. The summed E-state index contributed by atoms with van der Waals surface area (Å²) in [6, 6.07) is 18.2. The number of aromatic nitrogens is 1. The lowest BCUT2D eigenvalue weighted by Crippen LogP contribution is -2.49. The molecule has 1 aliphatic rings. The molecule has 1 fully saturated rings. The van der Waals surface area contributed by atoms with Gasteiger partial charge < -0.3 is 10.6 Å². The van der Waals surface area contributed by atoms with Crippen molar-refractivity contribution in [1.82, 2.24) is 20.9 Å². The first-order valence-corrected chi connectivity index (χ1v) is 14.3. The Labute approximate surface area is 255 Å². The molecule has 222 valence electrons. The number of hydrogen-bond acceptors (Lipinski definition) is 6. The quantitative estimate of drug-likeness (QED) is 0.171. The summed E-state index contributed by atoms with van der Waals surface area (Å²) >= 11 is 5.94. The van der Waals surface area contributed by atoms with Crippen molar-refractivity contribution in [3.63, 3.8) is 0 Å². The number of amides is 4. The summed E-state index contributed by atoms with van der Waals surface area (Å²) in [5, 5.41) is 8.41. The smallest absolute Gasteiger partial charge is 0.244 e. The zero-order valence-corrected chi connectivity index (χ0v) is 24.8. The molecule has 2 heterocycles. The van der Waals surface area contributed by atoms with Crippen molar-refractivity contribution in [2.45, 2.75) is 39.3 Å². The Balaban J connectivity index is 1.53. The highest BCUT2D eigenvalue weighted by atomic mass is 35.5.